The predicted molar refractivity (Wildman–Crippen MR) is 132 cm³/mol. The zero-order chi connectivity index (χ0) is 23.4. The Hall–Kier alpha value is -2.93. The van der Waals surface area contributed by atoms with Crippen LogP contribution in [0.15, 0.2) is 71.6 Å². The molecule has 0 unspecified atom stereocenters. The second kappa shape index (κ2) is 10.3. The zero-order valence-electron chi connectivity index (χ0n) is 17.6. The van der Waals surface area contributed by atoms with Crippen LogP contribution in [0.2, 0.25) is 10.0 Å². The molecule has 168 valence electrons. The molecular weight excluding hydrogens is 481 g/mol. The molecule has 3 aromatic carbocycles. The molecule has 33 heavy (non-hydrogen) atoms. The highest BCUT2D eigenvalue weighted by molar-refractivity contribution is 8.18. The van der Waals surface area contributed by atoms with E-state index in [2.05, 4.69) is 0 Å². The number of hydrogen-bond acceptors (Lipinski definition) is 5. The minimum Gasteiger partial charge on any atom is -0.493 e. The van der Waals surface area contributed by atoms with E-state index in [9.17, 15) is 9.59 Å². The number of methoxy groups -OCH3 is 1. The largest absolute Gasteiger partial charge is 0.493 e. The van der Waals surface area contributed by atoms with Crippen molar-refractivity contribution < 1.29 is 19.1 Å². The molecule has 1 heterocycles. The first kappa shape index (κ1) is 23.2. The molecule has 0 spiro atoms. The van der Waals surface area contributed by atoms with Gasteiger partial charge in [-0.3, -0.25) is 14.5 Å². The van der Waals surface area contributed by atoms with Crippen LogP contribution in [-0.2, 0) is 17.9 Å². The summed E-state index contributed by atoms with van der Waals surface area (Å²) in [6.07, 6.45) is 1.68. The summed E-state index contributed by atoms with van der Waals surface area (Å²) in [5.41, 5.74) is 2.37. The SMILES string of the molecule is COc1ccc(/C=C2\SC(=O)N(Cc3ccc(Cl)cc3)C2=O)cc1OCc1ccccc1Cl. The molecule has 1 saturated heterocycles. The van der Waals surface area contributed by atoms with Gasteiger partial charge in [-0.1, -0.05) is 59.6 Å². The molecular formula is C25H19Cl2NO4S. The summed E-state index contributed by atoms with van der Waals surface area (Å²) in [7, 11) is 1.56. The van der Waals surface area contributed by atoms with Crippen molar-refractivity contribution in [1.82, 2.24) is 4.90 Å². The van der Waals surface area contributed by atoms with E-state index in [1.54, 1.807) is 61.7 Å². The number of carbonyl (C=O) groups excluding carboxylic acids is 2. The third-order valence-corrected chi connectivity index (χ3v) is 6.48. The number of amides is 2. The summed E-state index contributed by atoms with van der Waals surface area (Å²) in [6.45, 7) is 0.449. The van der Waals surface area contributed by atoms with E-state index < -0.39 is 0 Å². The van der Waals surface area contributed by atoms with Gasteiger partial charge in [0.05, 0.1) is 18.6 Å². The molecule has 1 aliphatic rings. The van der Waals surface area contributed by atoms with Crippen molar-refractivity contribution in [3.8, 4) is 11.5 Å². The lowest BCUT2D eigenvalue weighted by atomic mass is 10.1. The van der Waals surface area contributed by atoms with Crippen LogP contribution in [0, 0.1) is 0 Å². The highest BCUT2D eigenvalue weighted by Gasteiger charge is 2.35. The summed E-state index contributed by atoms with van der Waals surface area (Å²) in [5.74, 6) is 0.718. The third kappa shape index (κ3) is 5.53. The van der Waals surface area contributed by atoms with Crippen LogP contribution in [0.4, 0.5) is 4.79 Å². The lowest BCUT2D eigenvalue weighted by molar-refractivity contribution is -0.123. The van der Waals surface area contributed by atoms with Gasteiger partial charge in [0.2, 0.25) is 0 Å². The third-order valence-electron chi connectivity index (χ3n) is 4.95. The molecule has 1 fully saturated rings. The van der Waals surface area contributed by atoms with Gasteiger partial charge in [-0.25, -0.2) is 0 Å². The molecule has 3 aromatic rings. The number of halogens is 2. The van der Waals surface area contributed by atoms with E-state index in [1.165, 1.54) is 4.90 Å². The molecule has 0 aromatic heterocycles. The normalized spacial score (nSPS) is 14.8. The van der Waals surface area contributed by atoms with E-state index in [1.807, 2.05) is 18.2 Å². The van der Waals surface area contributed by atoms with Crippen LogP contribution in [0.1, 0.15) is 16.7 Å². The van der Waals surface area contributed by atoms with Gasteiger partial charge in [-0.05, 0) is 59.3 Å². The number of imide groups is 1. The van der Waals surface area contributed by atoms with Crippen molar-refractivity contribution in [3.05, 3.63) is 98.4 Å². The molecule has 1 aliphatic heterocycles. The monoisotopic (exact) mass is 499 g/mol. The topological polar surface area (TPSA) is 55.8 Å². The van der Waals surface area contributed by atoms with Gasteiger partial charge in [0.1, 0.15) is 6.61 Å². The summed E-state index contributed by atoms with van der Waals surface area (Å²) in [4.78, 5) is 26.9. The molecule has 0 atom stereocenters. The smallest absolute Gasteiger partial charge is 0.293 e. The van der Waals surface area contributed by atoms with Crippen LogP contribution in [0.3, 0.4) is 0 Å². The van der Waals surface area contributed by atoms with Crippen LogP contribution >= 0.6 is 35.0 Å². The number of nitrogens with zero attached hydrogens (tertiary/aromatic N) is 1. The second-order valence-electron chi connectivity index (χ2n) is 7.18. The lowest BCUT2D eigenvalue weighted by Crippen LogP contribution is -2.27. The Labute approximate surface area is 205 Å². The second-order valence-corrected chi connectivity index (χ2v) is 9.02. The van der Waals surface area contributed by atoms with Crippen LogP contribution in [0.5, 0.6) is 11.5 Å². The van der Waals surface area contributed by atoms with Gasteiger partial charge >= 0.3 is 0 Å². The minimum atomic E-state index is -0.339. The van der Waals surface area contributed by atoms with Crippen molar-refractivity contribution >= 4 is 52.2 Å². The molecule has 0 saturated carbocycles. The van der Waals surface area contributed by atoms with Crippen molar-refractivity contribution in [2.75, 3.05) is 7.11 Å². The quantitative estimate of drug-likeness (QED) is 0.334. The minimum absolute atomic E-state index is 0.188. The van der Waals surface area contributed by atoms with E-state index in [-0.39, 0.29) is 24.3 Å². The Morgan fingerprint density at radius 1 is 0.970 bits per heavy atom. The fourth-order valence-electron chi connectivity index (χ4n) is 3.23. The van der Waals surface area contributed by atoms with E-state index in [0.29, 0.717) is 32.0 Å². The summed E-state index contributed by atoms with van der Waals surface area (Å²) >= 11 is 13.0. The highest BCUT2D eigenvalue weighted by Crippen LogP contribution is 2.35. The molecule has 4 rings (SSSR count). The van der Waals surface area contributed by atoms with Gasteiger partial charge in [-0.2, -0.15) is 0 Å². The first-order chi connectivity index (χ1) is 15.9. The van der Waals surface area contributed by atoms with E-state index >= 15 is 0 Å². The van der Waals surface area contributed by atoms with E-state index in [4.69, 9.17) is 32.7 Å². The number of rotatable bonds is 7. The Balaban J connectivity index is 1.52. The average Bonchev–Trinajstić information content (AvgIpc) is 3.07. The molecule has 0 aliphatic carbocycles. The molecule has 5 nitrogen and oxygen atoms in total. The van der Waals surface area contributed by atoms with Crippen LogP contribution < -0.4 is 9.47 Å². The fraction of sp³-hybridized carbons (Fsp3) is 0.120. The van der Waals surface area contributed by atoms with Gasteiger partial charge in [0.25, 0.3) is 11.1 Å². The van der Waals surface area contributed by atoms with E-state index in [0.717, 1.165) is 22.9 Å². The van der Waals surface area contributed by atoms with Crippen LogP contribution in [-0.4, -0.2) is 23.2 Å². The lowest BCUT2D eigenvalue weighted by Gasteiger charge is -2.13. The predicted octanol–water partition coefficient (Wildman–Crippen LogP) is 6.82. The van der Waals surface area contributed by atoms with Crippen molar-refractivity contribution in [2.24, 2.45) is 0 Å². The van der Waals surface area contributed by atoms with Gasteiger partial charge < -0.3 is 9.47 Å². The number of carbonyl (C=O) groups is 2. The van der Waals surface area contributed by atoms with Gasteiger partial charge in [-0.15, -0.1) is 0 Å². The fourth-order valence-corrected chi connectivity index (χ4v) is 4.38. The molecule has 2 amide bonds. The first-order valence-electron chi connectivity index (χ1n) is 9.98. The number of ether oxygens (including phenoxy) is 2. The molecule has 0 radical (unpaired) electrons. The summed E-state index contributed by atoms with van der Waals surface area (Å²) < 4.78 is 11.3. The molecule has 8 heteroatoms. The number of benzene rings is 3. The maximum Gasteiger partial charge on any atom is 0.293 e. The summed E-state index contributed by atoms with van der Waals surface area (Å²) in [6, 6.07) is 19.8. The first-order valence-corrected chi connectivity index (χ1v) is 11.6. The van der Waals surface area contributed by atoms with Crippen molar-refractivity contribution in [3.63, 3.8) is 0 Å². The Morgan fingerprint density at radius 2 is 1.73 bits per heavy atom. The Bertz CT molecular complexity index is 1230. The molecule has 0 bridgehead atoms. The summed E-state index contributed by atoms with van der Waals surface area (Å²) in [5, 5.41) is 0.895. The maximum absolute atomic E-state index is 12.9. The van der Waals surface area contributed by atoms with Crippen molar-refractivity contribution in [1.29, 1.82) is 0 Å². The number of thioether (sulfide) groups is 1. The average molecular weight is 500 g/mol. The Kier molecular flexibility index (Phi) is 7.28. The maximum atomic E-state index is 12.9. The van der Waals surface area contributed by atoms with Crippen LogP contribution in [0.25, 0.3) is 6.08 Å². The highest BCUT2D eigenvalue weighted by atomic mass is 35.5. The van der Waals surface area contributed by atoms with Gasteiger partial charge in [0.15, 0.2) is 11.5 Å². The zero-order valence-corrected chi connectivity index (χ0v) is 19.9. The standard InChI is InChI=1S/C25H19Cl2NO4S/c1-31-21-11-8-17(12-22(21)32-15-18-4-2-3-5-20(18)27)13-23-24(29)28(25(30)33-23)14-16-6-9-19(26)10-7-16/h2-13H,14-15H2,1H3/b23-13-. The Morgan fingerprint density at radius 3 is 2.45 bits per heavy atom. The van der Waals surface area contributed by atoms with Crippen molar-refractivity contribution in [2.45, 2.75) is 13.2 Å². The molecule has 0 N–H and O–H groups in total. The van der Waals surface area contributed by atoms with Gasteiger partial charge in [0, 0.05) is 15.6 Å². The number of hydrogen-bond donors (Lipinski definition) is 0.